The van der Waals surface area contributed by atoms with Gasteiger partial charge in [-0.3, -0.25) is 4.79 Å². The molecule has 0 saturated carbocycles. The van der Waals surface area contributed by atoms with E-state index < -0.39 is 5.97 Å². The molecule has 0 atom stereocenters. The van der Waals surface area contributed by atoms with E-state index in [0.717, 1.165) is 71.6 Å². The Bertz CT molecular complexity index is 1890. The van der Waals surface area contributed by atoms with Crippen molar-refractivity contribution in [2.75, 3.05) is 0 Å². The largest absolute Gasteiger partial charge is 0.481 e. The van der Waals surface area contributed by atoms with Gasteiger partial charge in [-0.2, -0.15) is 0 Å². The fourth-order valence-corrected chi connectivity index (χ4v) is 5.53. The number of hydrogen-bond donors (Lipinski definition) is 1. The molecule has 228 valence electrons. The quantitative estimate of drug-likeness (QED) is 0.113. The molecule has 0 radical (unpaired) electrons. The van der Waals surface area contributed by atoms with Gasteiger partial charge in [0.2, 0.25) is 0 Å². The number of carbonyl (C=O) groups is 1. The summed E-state index contributed by atoms with van der Waals surface area (Å²) in [6.45, 7) is 3.97. The van der Waals surface area contributed by atoms with Gasteiger partial charge in [-0.05, 0) is 48.1 Å². The molecule has 0 amide bonds. The zero-order chi connectivity index (χ0) is 31.7. The Balaban J connectivity index is 1.23. The van der Waals surface area contributed by atoms with Crippen molar-refractivity contribution in [3.63, 3.8) is 0 Å². The van der Waals surface area contributed by atoms with E-state index in [-0.39, 0.29) is 6.42 Å². The highest BCUT2D eigenvalue weighted by Gasteiger charge is 2.12. The second-order valence-electron chi connectivity index (χ2n) is 11.4. The van der Waals surface area contributed by atoms with E-state index in [1.54, 1.807) is 0 Å². The Hall–Kier alpha value is -5.49. The average Bonchev–Trinajstić information content (AvgIpc) is 3.12. The summed E-state index contributed by atoms with van der Waals surface area (Å²) in [5.41, 5.74) is 9.44. The van der Waals surface area contributed by atoms with Crippen LogP contribution in [0.15, 0.2) is 134 Å². The van der Waals surface area contributed by atoms with Gasteiger partial charge in [0.1, 0.15) is 13.1 Å². The van der Waals surface area contributed by atoms with Crippen molar-refractivity contribution in [3.8, 4) is 56.2 Å². The fraction of sp³-hybridized carbons (Fsp3) is 0.175. The number of nitrogens with zero attached hydrogens (tertiary/aromatic N) is 4. The Morgan fingerprint density at radius 3 is 1.54 bits per heavy atom. The molecular formula is C40H38N4O2+2. The summed E-state index contributed by atoms with van der Waals surface area (Å²) < 4.78 is 4.31. The number of aliphatic carboxylic acids is 1. The number of hydrogen-bond acceptors (Lipinski definition) is 3. The minimum Gasteiger partial charge on any atom is -0.481 e. The van der Waals surface area contributed by atoms with Gasteiger partial charge in [0, 0.05) is 53.8 Å². The molecule has 0 spiro atoms. The van der Waals surface area contributed by atoms with Crippen molar-refractivity contribution in [1.29, 1.82) is 0 Å². The lowest BCUT2D eigenvalue weighted by molar-refractivity contribution is -0.697. The first-order valence-electron chi connectivity index (χ1n) is 15.9. The normalized spacial score (nSPS) is 11.0. The SMILES string of the molecule is CC[n+]1ccc(-c2ccc(-c3cc(-c4ccc(-c5cc[n+](CCCCCC(=O)O)cc5)cc4)nc(-c4ccccc4)n3)cc2)cc1. The van der Waals surface area contributed by atoms with Crippen LogP contribution in [-0.2, 0) is 17.9 Å². The number of pyridine rings is 2. The summed E-state index contributed by atoms with van der Waals surface area (Å²) in [5, 5.41) is 8.81. The van der Waals surface area contributed by atoms with Crippen molar-refractivity contribution < 1.29 is 19.0 Å². The van der Waals surface area contributed by atoms with Crippen LogP contribution in [0.2, 0.25) is 0 Å². The summed E-state index contributed by atoms with van der Waals surface area (Å²) in [6, 6.07) is 37.9. The zero-order valence-corrected chi connectivity index (χ0v) is 26.1. The molecule has 0 fully saturated rings. The van der Waals surface area contributed by atoms with Gasteiger partial charge >= 0.3 is 5.97 Å². The molecule has 6 heteroatoms. The summed E-state index contributed by atoms with van der Waals surface area (Å²) >= 11 is 0. The molecular weight excluding hydrogens is 568 g/mol. The molecule has 0 bridgehead atoms. The Labute approximate surface area is 270 Å². The number of rotatable bonds is 12. The lowest BCUT2D eigenvalue weighted by Crippen LogP contribution is -2.32. The van der Waals surface area contributed by atoms with Crippen molar-refractivity contribution in [2.24, 2.45) is 0 Å². The van der Waals surface area contributed by atoms with Crippen molar-refractivity contribution in [1.82, 2.24) is 9.97 Å². The summed E-state index contributed by atoms with van der Waals surface area (Å²) in [6.07, 6.45) is 11.3. The molecule has 0 saturated heterocycles. The zero-order valence-electron chi connectivity index (χ0n) is 26.1. The Kier molecular flexibility index (Phi) is 9.64. The number of carboxylic acids is 1. The van der Waals surface area contributed by atoms with E-state index in [1.807, 2.05) is 30.3 Å². The molecule has 0 aliphatic heterocycles. The highest BCUT2D eigenvalue weighted by molar-refractivity contribution is 5.75. The number of benzene rings is 3. The number of carboxylic acid groups (broad SMARTS) is 1. The monoisotopic (exact) mass is 606 g/mol. The predicted octanol–water partition coefficient (Wildman–Crippen LogP) is 8.05. The molecule has 6 nitrogen and oxygen atoms in total. The molecule has 0 aliphatic carbocycles. The van der Waals surface area contributed by atoms with Crippen LogP contribution >= 0.6 is 0 Å². The molecule has 46 heavy (non-hydrogen) atoms. The molecule has 1 N–H and O–H groups in total. The Morgan fingerprint density at radius 2 is 1.04 bits per heavy atom. The van der Waals surface area contributed by atoms with Crippen LogP contribution < -0.4 is 9.13 Å². The van der Waals surface area contributed by atoms with Crippen LogP contribution in [0.1, 0.15) is 32.6 Å². The van der Waals surface area contributed by atoms with Crippen molar-refractivity contribution in [3.05, 3.63) is 134 Å². The maximum atomic E-state index is 10.7. The minimum atomic E-state index is -0.724. The topological polar surface area (TPSA) is 70.8 Å². The number of unbranched alkanes of at least 4 members (excludes halogenated alkanes) is 2. The van der Waals surface area contributed by atoms with Gasteiger partial charge in [0.25, 0.3) is 0 Å². The minimum absolute atomic E-state index is 0.241. The van der Waals surface area contributed by atoms with E-state index >= 15 is 0 Å². The second-order valence-corrected chi connectivity index (χ2v) is 11.4. The van der Waals surface area contributed by atoms with Crippen LogP contribution in [0.4, 0.5) is 0 Å². The van der Waals surface area contributed by atoms with Gasteiger partial charge in [-0.25, -0.2) is 19.1 Å². The molecule has 0 aliphatic rings. The van der Waals surface area contributed by atoms with E-state index in [9.17, 15) is 4.79 Å². The standard InChI is InChI=1S/C40H37N4O2/c1-2-43-25-20-32(21-26-43)30-12-16-34(17-13-30)37-29-38(42-40(41-37)36-9-5-3-6-10-36)35-18-14-31(15-19-35)33-22-27-44(28-23-33)24-8-4-7-11-39(45)46/h3,5-6,9-10,12-23,25-29H,2,4,7-8,11,24H2,1H3/q+1/p+1. The predicted molar refractivity (Wildman–Crippen MR) is 181 cm³/mol. The first-order valence-corrected chi connectivity index (χ1v) is 15.9. The van der Waals surface area contributed by atoms with E-state index in [1.165, 1.54) is 11.1 Å². The highest BCUT2D eigenvalue weighted by atomic mass is 16.4. The van der Waals surface area contributed by atoms with Gasteiger partial charge in [0.15, 0.2) is 30.6 Å². The summed E-state index contributed by atoms with van der Waals surface area (Å²) in [4.78, 5) is 20.7. The van der Waals surface area contributed by atoms with Gasteiger partial charge in [-0.15, -0.1) is 0 Å². The fourth-order valence-electron chi connectivity index (χ4n) is 5.53. The summed E-state index contributed by atoms with van der Waals surface area (Å²) in [7, 11) is 0. The van der Waals surface area contributed by atoms with Crippen molar-refractivity contribution in [2.45, 2.75) is 45.7 Å². The van der Waals surface area contributed by atoms with Crippen LogP contribution in [-0.4, -0.2) is 21.0 Å². The highest BCUT2D eigenvalue weighted by Crippen LogP contribution is 2.30. The first kappa shape index (κ1) is 30.5. The molecule has 3 aromatic carbocycles. The van der Waals surface area contributed by atoms with Gasteiger partial charge in [-0.1, -0.05) is 78.9 Å². The molecule has 3 heterocycles. The van der Waals surface area contributed by atoms with E-state index in [4.69, 9.17) is 15.1 Å². The number of aromatic nitrogens is 4. The lowest BCUT2D eigenvalue weighted by Gasteiger charge is -2.10. The van der Waals surface area contributed by atoms with Crippen LogP contribution in [0.25, 0.3) is 56.2 Å². The van der Waals surface area contributed by atoms with Crippen LogP contribution in [0.3, 0.4) is 0 Å². The smallest absolute Gasteiger partial charge is 0.303 e. The van der Waals surface area contributed by atoms with Gasteiger partial charge in [0.05, 0.1) is 11.4 Å². The van der Waals surface area contributed by atoms with Crippen LogP contribution in [0.5, 0.6) is 0 Å². The van der Waals surface area contributed by atoms with E-state index in [2.05, 4.69) is 120 Å². The van der Waals surface area contributed by atoms with Gasteiger partial charge < -0.3 is 5.11 Å². The third kappa shape index (κ3) is 7.59. The maximum Gasteiger partial charge on any atom is 0.303 e. The third-order valence-corrected chi connectivity index (χ3v) is 8.24. The maximum absolute atomic E-state index is 10.7. The first-order chi connectivity index (χ1) is 22.6. The van der Waals surface area contributed by atoms with Crippen LogP contribution in [0, 0.1) is 0 Å². The molecule has 6 aromatic rings. The average molecular weight is 607 g/mol. The molecule has 3 aromatic heterocycles. The third-order valence-electron chi connectivity index (χ3n) is 8.24. The Morgan fingerprint density at radius 1 is 0.565 bits per heavy atom. The van der Waals surface area contributed by atoms with E-state index in [0.29, 0.717) is 5.82 Å². The second kappa shape index (κ2) is 14.5. The summed E-state index contributed by atoms with van der Waals surface area (Å²) in [5.74, 6) is -0.0255. The molecule has 6 rings (SSSR count). The number of aryl methyl sites for hydroxylation is 2. The lowest BCUT2D eigenvalue weighted by atomic mass is 10.0. The molecule has 0 unspecified atom stereocenters. The van der Waals surface area contributed by atoms with Crippen molar-refractivity contribution >= 4 is 5.97 Å².